The van der Waals surface area contributed by atoms with Gasteiger partial charge >= 0.3 is 0 Å². The maximum atomic E-state index is 7.02. The van der Waals surface area contributed by atoms with Crippen molar-refractivity contribution in [2.75, 3.05) is 4.90 Å². The SMILES string of the molecule is CC(C)(C)c1ccc(N2c3cccc4c3B(c3oc5ccccc5c32)c2cccc3c5ccc6c(c7ccccc7n6-c6ccccc6)c5n-4c23)cc1. The van der Waals surface area contributed by atoms with E-state index in [0.29, 0.717) is 0 Å². The number of fused-ring (bicyclic) bond motifs is 13. The van der Waals surface area contributed by atoms with Crippen LogP contribution in [0.25, 0.3) is 66.0 Å². The van der Waals surface area contributed by atoms with Crippen LogP contribution < -0.4 is 21.5 Å². The van der Waals surface area contributed by atoms with E-state index < -0.39 is 0 Å². The van der Waals surface area contributed by atoms with E-state index in [2.05, 4.69) is 186 Å². The van der Waals surface area contributed by atoms with Crippen molar-refractivity contribution in [3.8, 4) is 11.4 Å². The van der Waals surface area contributed by atoms with E-state index in [1.807, 2.05) is 0 Å². The number of nitrogens with zero attached hydrogens (tertiary/aromatic N) is 3. The van der Waals surface area contributed by atoms with Crippen LogP contribution in [0.15, 0.2) is 156 Å². The molecule has 10 aromatic rings. The Morgan fingerprint density at radius 1 is 0.509 bits per heavy atom. The normalized spacial score (nSPS) is 13.5. The standard InChI is InChI=1S/C48H34BN3O/c1-48(2,3)29-23-25-31(26-24-29)51-39-20-12-21-40-43(39)49(47-46(51)35-16-8-10-22-41(35)53-47)36-18-11-17-32-33-27-28-38-42(45(33)52(40)44(32)36)34-15-7-9-19-37(34)50(38)30-13-5-4-6-14-30/h4-28H,1-3H3. The molecule has 250 valence electrons. The Labute approximate surface area is 307 Å². The van der Waals surface area contributed by atoms with Crippen LogP contribution in [0, 0.1) is 0 Å². The van der Waals surface area contributed by atoms with Crippen LogP contribution in [-0.4, -0.2) is 15.8 Å². The third kappa shape index (κ3) is 3.71. The second kappa shape index (κ2) is 10.1. The Bertz CT molecular complexity index is 3160. The summed E-state index contributed by atoms with van der Waals surface area (Å²) in [6.07, 6.45) is 0. The molecule has 0 N–H and O–H groups in total. The number of furan rings is 1. The molecule has 12 rings (SSSR count). The van der Waals surface area contributed by atoms with Crippen molar-refractivity contribution >= 4 is 94.9 Å². The minimum atomic E-state index is -0.0598. The van der Waals surface area contributed by atoms with Gasteiger partial charge in [0.2, 0.25) is 0 Å². The number of aromatic nitrogens is 2. The van der Waals surface area contributed by atoms with E-state index in [4.69, 9.17) is 4.42 Å². The molecule has 0 amide bonds. The summed E-state index contributed by atoms with van der Waals surface area (Å²) in [7, 11) is 0. The number of hydrogen-bond donors (Lipinski definition) is 0. The van der Waals surface area contributed by atoms with Crippen molar-refractivity contribution in [1.29, 1.82) is 0 Å². The highest BCUT2D eigenvalue weighted by Crippen LogP contribution is 2.47. The summed E-state index contributed by atoms with van der Waals surface area (Å²) >= 11 is 0. The molecule has 3 aromatic heterocycles. The van der Waals surface area contributed by atoms with Gasteiger partial charge in [0.15, 0.2) is 0 Å². The zero-order valence-corrected chi connectivity index (χ0v) is 29.8. The Morgan fingerprint density at radius 3 is 2.04 bits per heavy atom. The molecule has 0 fully saturated rings. The van der Waals surface area contributed by atoms with E-state index in [1.54, 1.807) is 0 Å². The van der Waals surface area contributed by atoms with Gasteiger partial charge in [0, 0.05) is 55.2 Å². The minimum Gasteiger partial charge on any atom is -0.468 e. The van der Waals surface area contributed by atoms with Crippen LogP contribution in [0.5, 0.6) is 0 Å². The van der Waals surface area contributed by atoms with E-state index in [1.165, 1.54) is 71.5 Å². The van der Waals surface area contributed by atoms with Crippen LogP contribution in [0.2, 0.25) is 0 Å². The molecular formula is C48H34BN3O. The number of rotatable bonds is 2. The number of benzene rings is 7. The molecular weight excluding hydrogens is 645 g/mol. The largest absolute Gasteiger partial charge is 0.468 e. The fourth-order valence-electron chi connectivity index (χ4n) is 9.59. The van der Waals surface area contributed by atoms with Crippen LogP contribution in [0.4, 0.5) is 17.1 Å². The second-order valence-electron chi connectivity index (χ2n) is 15.7. The first-order chi connectivity index (χ1) is 26.0. The number of hydrogen-bond acceptors (Lipinski definition) is 2. The van der Waals surface area contributed by atoms with Crippen LogP contribution in [-0.2, 0) is 5.41 Å². The monoisotopic (exact) mass is 679 g/mol. The maximum absolute atomic E-state index is 7.02. The summed E-state index contributed by atoms with van der Waals surface area (Å²) < 4.78 is 12.0. The molecule has 5 heteroatoms. The molecule has 0 radical (unpaired) electrons. The molecule has 0 aliphatic carbocycles. The molecule has 0 unspecified atom stereocenters. The van der Waals surface area contributed by atoms with Crippen molar-refractivity contribution in [2.45, 2.75) is 26.2 Å². The predicted molar refractivity (Wildman–Crippen MR) is 223 cm³/mol. The first-order valence-corrected chi connectivity index (χ1v) is 18.6. The molecule has 0 atom stereocenters. The zero-order valence-electron chi connectivity index (χ0n) is 29.8. The molecule has 0 saturated carbocycles. The van der Waals surface area contributed by atoms with Gasteiger partial charge in [-0.15, -0.1) is 0 Å². The summed E-state index contributed by atoms with van der Waals surface area (Å²) in [6.45, 7) is 6.76. The van der Waals surface area contributed by atoms with Gasteiger partial charge in [-0.2, -0.15) is 0 Å². The average molecular weight is 680 g/mol. The van der Waals surface area contributed by atoms with E-state index in [9.17, 15) is 0 Å². The molecule has 0 saturated heterocycles. The first-order valence-electron chi connectivity index (χ1n) is 18.6. The van der Waals surface area contributed by atoms with Crippen molar-refractivity contribution < 1.29 is 4.42 Å². The molecule has 2 aliphatic heterocycles. The molecule has 53 heavy (non-hydrogen) atoms. The lowest BCUT2D eigenvalue weighted by Crippen LogP contribution is -2.59. The lowest BCUT2D eigenvalue weighted by atomic mass is 9.36. The minimum absolute atomic E-state index is 0.0598. The van der Waals surface area contributed by atoms with Gasteiger partial charge in [0.1, 0.15) is 5.58 Å². The molecule has 4 nitrogen and oxygen atoms in total. The van der Waals surface area contributed by atoms with Gasteiger partial charge < -0.3 is 18.5 Å². The quantitative estimate of drug-likeness (QED) is 0.170. The number of anilines is 3. The smallest absolute Gasteiger partial charge is 0.297 e. The Hall–Kier alpha value is -6.46. The highest BCUT2D eigenvalue weighted by Gasteiger charge is 2.45. The fraction of sp³-hybridized carbons (Fsp3) is 0.0833. The van der Waals surface area contributed by atoms with Gasteiger partial charge in [-0.3, -0.25) is 0 Å². The van der Waals surface area contributed by atoms with Gasteiger partial charge in [-0.25, -0.2) is 0 Å². The molecule has 7 aromatic carbocycles. The number of para-hydroxylation sites is 4. The van der Waals surface area contributed by atoms with Crippen LogP contribution in [0.3, 0.4) is 0 Å². The zero-order chi connectivity index (χ0) is 35.2. The molecule has 2 aliphatic rings. The summed E-state index contributed by atoms with van der Waals surface area (Å²) in [6, 6.07) is 55.7. The Morgan fingerprint density at radius 2 is 1.21 bits per heavy atom. The fourth-order valence-corrected chi connectivity index (χ4v) is 9.59. The van der Waals surface area contributed by atoms with E-state index >= 15 is 0 Å². The summed E-state index contributed by atoms with van der Waals surface area (Å²) in [5, 5.41) is 6.19. The highest BCUT2D eigenvalue weighted by atomic mass is 16.3. The predicted octanol–water partition coefficient (Wildman–Crippen LogP) is 10.5. The second-order valence-corrected chi connectivity index (χ2v) is 15.7. The third-order valence-corrected chi connectivity index (χ3v) is 11.8. The van der Waals surface area contributed by atoms with E-state index in [0.717, 1.165) is 33.7 Å². The summed E-state index contributed by atoms with van der Waals surface area (Å²) in [5.74, 6) is 0. The first kappa shape index (κ1) is 29.2. The Balaban J connectivity index is 1.24. The van der Waals surface area contributed by atoms with Crippen molar-refractivity contribution in [1.82, 2.24) is 9.13 Å². The maximum Gasteiger partial charge on any atom is 0.297 e. The molecule has 5 heterocycles. The summed E-state index contributed by atoms with van der Waals surface area (Å²) in [4.78, 5) is 2.45. The Kier molecular flexibility index (Phi) is 5.56. The molecule has 0 spiro atoms. The highest BCUT2D eigenvalue weighted by molar-refractivity contribution is 7.00. The van der Waals surface area contributed by atoms with E-state index in [-0.39, 0.29) is 12.1 Å². The lowest BCUT2D eigenvalue weighted by Gasteiger charge is -2.38. The van der Waals surface area contributed by atoms with Gasteiger partial charge in [-0.1, -0.05) is 112 Å². The van der Waals surface area contributed by atoms with Crippen molar-refractivity contribution in [3.05, 3.63) is 157 Å². The topological polar surface area (TPSA) is 26.2 Å². The lowest BCUT2D eigenvalue weighted by molar-refractivity contribution is 0.590. The van der Waals surface area contributed by atoms with Crippen LogP contribution in [0.1, 0.15) is 26.3 Å². The average Bonchev–Trinajstić information content (AvgIpc) is 3.85. The van der Waals surface area contributed by atoms with Gasteiger partial charge in [0.05, 0.1) is 27.9 Å². The van der Waals surface area contributed by atoms with Crippen LogP contribution >= 0.6 is 0 Å². The van der Waals surface area contributed by atoms with Gasteiger partial charge in [0.25, 0.3) is 6.71 Å². The van der Waals surface area contributed by atoms with Crippen molar-refractivity contribution in [2.24, 2.45) is 0 Å². The third-order valence-electron chi connectivity index (χ3n) is 11.8. The summed E-state index contributed by atoms with van der Waals surface area (Å²) in [5.41, 5.74) is 16.6. The van der Waals surface area contributed by atoms with Gasteiger partial charge in [-0.05, 0) is 82.6 Å². The molecule has 0 bridgehead atoms. The van der Waals surface area contributed by atoms with Crippen molar-refractivity contribution in [3.63, 3.8) is 0 Å².